The summed E-state index contributed by atoms with van der Waals surface area (Å²) in [5, 5.41) is 6.79. The molecule has 2 atom stereocenters. The van der Waals surface area contributed by atoms with E-state index in [0.29, 0.717) is 13.0 Å². The van der Waals surface area contributed by atoms with Gasteiger partial charge in [-0.05, 0) is 41.7 Å². The quantitative estimate of drug-likeness (QED) is 0.468. The van der Waals surface area contributed by atoms with E-state index in [4.69, 9.17) is 9.47 Å². The molecule has 2 unspecified atom stereocenters. The van der Waals surface area contributed by atoms with Crippen LogP contribution in [-0.4, -0.2) is 43.8 Å². The van der Waals surface area contributed by atoms with Crippen LogP contribution in [0.4, 0.5) is 4.79 Å². The Kier molecular flexibility index (Phi) is 7.76. The Morgan fingerprint density at radius 2 is 1.75 bits per heavy atom. The summed E-state index contributed by atoms with van der Waals surface area (Å²) in [5.41, 5.74) is 3.18. The molecular weight excluding hydrogens is 406 g/mol. The molecular formula is C25H31N3O4. The lowest BCUT2D eigenvalue weighted by Crippen LogP contribution is -2.48. The van der Waals surface area contributed by atoms with Crippen LogP contribution < -0.4 is 15.4 Å². The molecule has 0 saturated heterocycles. The lowest BCUT2D eigenvalue weighted by Gasteiger charge is -2.23. The number of H-pyrrole nitrogens is 1. The second-order valence-electron chi connectivity index (χ2n) is 8.18. The number of methoxy groups -OCH3 is 2. The van der Waals surface area contributed by atoms with Gasteiger partial charge >= 0.3 is 6.09 Å². The Bertz CT molecular complexity index is 1040. The lowest BCUT2D eigenvalue weighted by atomic mass is 9.90. The minimum atomic E-state index is -0.665. The van der Waals surface area contributed by atoms with E-state index in [1.807, 2.05) is 62.5 Å². The molecule has 0 aliphatic rings. The van der Waals surface area contributed by atoms with Crippen LogP contribution >= 0.6 is 0 Å². The van der Waals surface area contributed by atoms with E-state index in [2.05, 4.69) is 21.7 Å². The van der Waals surface area contributed by atoms with E-state index in [9.17, 15) is 9.59 Å². The third kappa shape index (κ3) is 5.60. The van der Waals surface area contributed by atoms with Gasteiger partial charge in [-0.3, -0.25) is 4.79 Å². The number of para-hydroxylation sites is 1. The van der Waals surface area contributed by atoms with Gasteiger partial charge in [0.15, 0.2) is 0 Å². The first-order valence-corrected chi connectivity index (χ1v) is 10.7. The number of benzene rings is 2. The maximum absolute atomic E-state index is 13.0. The molecule has 7 nitrogen and oxygen atoms in total. The normalized spacial score (nSPS) is 12.9. The average Bonchev–Trinajstić information content (AvgIpc) is 3.22. The van der Waals surface area contributed by atoms with Crippen molar-refractivity contribution in [2.45, 2.75) is 32.2 Å². The fourth-order valence-electron chi connectivity index (χ4n) is 3.86. The highest BCUT2D eigenvalue weighted by Gasteiger charge is 2.25. The highest BCUT2D eigenvalue weighted by Crippen LogP contribution is 2.31. The Morgan fingerprint density at radius 1 is 1.03 bits per heavy atom. The van der Waals surface area contributed by atoms with E-state index in [1.54, 1.807) is 7.11 Å². The number of hydrogen-bond acceptors (Lipinski definition) is 4. The van der Waals surface area contributed by atoms with Crippen LogP contribution in [0.5, 0.6) is 5.75 Å². The van der Waals surface area contributed by atoms with Crippen LogP contribution in [0.15, 0.2) is 54.7 Å². The van der Waals surface area contributed by atoms with Gasteiger partial charge in [-0.1, -0.05) is 44.2 Å². The number of hydrogen-bond donors (Lipinski definition) is 3. The topological polar surface area (TPSA) is 92.4 Å². The Balaban J connectivity index is 1.86. The first kappa shape index (κ1) is 23.2. The summed E-state index contributed by atoms with van der Waals surface area (Å²) in [7, 11) is 2.92. The first-order valence-electron chi connectivity index (χ1n) is 10.7. The van der Waals surface area contributed by atoms with E-state index < -0.39 is 12.1 Å². The predicted octanol–water partition coefficient (Wildman–Crippen LogP) is 4.20. The summed E-state index contributed by atoms with van der Waals surface area (Å²) in [4.78, 5) is 28.0. The number of carbonyl (C=O) groups excluding carboxylic acids is 2. The van der Waals surface area contributed by atoms with Crippen molar-refractivity contribution in [2.75, 3.05) is 20.8 Å². The van der Waals surface area contributed by atoms with Crippen LogP contribution in [-0.2, 0) is 9.53 Å². The van der Waals surface area contributed by atoms with E-state index >= 15 is 0 Å². The van der Waals surface area contributed by atoms with Crippen molar-refractivity contribution >= 4 is 22.9 Å². The van der Waals surface area contributed by atoms with Crippen molar-refractivity contribution in [3.05, 3.63) is 65.9 Å². The fraction of sp³-hybridized carbons (Fsp3) is 0.360. The highest BCUT2D eigenvalue weighted by molar-refractivity contribution is 5.86. The number of ether oxygens (including phenoxy) is 2. The molecule has 0 spiro atoms. The number of alkyl carbamates (subject to hydrolysis) is 1. The van der Waals surface area contributed by atoms with Crippen molar-refractivity contribution in [3.63, 3.8) is 0 Å². The highest BCUT2D eigenvalue weighted by atomic mass is 16.5. The number of aromatic amines is 1. The van der Waals surface area contributed by atoms with Gasteiger partial charge in [0, 0.05) is 29.6 Å². The number of fused-ring (bicyclic) bond motifs is 1. The molecule has 2 amide bonds. The van der Waals surface area contributed by atoms with Crippen molar-refractivity contribution < 1.29 is 19.1 Å². The van der Waals surface area contributed by atoms with Crippen molar-refractivity contribution in [1.82, 2.24) is 15.6 Å². The summed E-state index contributed by atoms with van der Waals surface area (Å²) in [6, 6.07) is 15.3. The molecule has 1 aromatic heterocycles. The smallest absolute Gasteiger partial charge is 0.407 e. The zero-order valence-electron chi connectivity index (χ0n) is 19.0. The van der Waals surface area contributed by atoms with E-state index in [-0.39, 0.29) is 17.7 Å². The van der Waals surface area contributed by atoms with Gasteiger partial charge in [0.1, 0.15) is 11.8 Å². The maximum Gasteiger partial charge on any atom is 0.407 e. The largest absolute Gasteiger partial charge is 0.497 e. The molecule has 0 fully saturated rings. The van der Waals surface area contributed by atoms with Gasteiger partial charge in [-0.2, -0.15) is 0 Å². The summed E-state index contributed by atoms with van der Waals surface area (Å²) in [5.74, 6) is 0.685. The Labute approximate surface area is 188 Å². The Morgan fingerprint density at radius 3 is 2.41 bits per heavy atom. The first-order chi connectivity index (χ1) is 15.4. The molecule has 2 aromatic carbocycles. The molecule has 0 bridgehead atoms. The summed E-state index contributed by atoms with van der Waals surface area (Å²) < 4.78 is 9.99. The molecule has 3 rings (SSSR count). The Hall–Kier alpha value is -3.48. The maximum atomic E-state index is 13.0. The summed E-state index contributed by atoms with van der Waals surface area (Å²) in [6.07, 6.45) is 1.89. The van der Waals surface area contributed by atoms with Crippen LogP contribution in [0.2, 0.25) is 0 Å². The second kappa shape index (κ2) is 10.7. The van der Waals surface area contributed by atoms with Gasteiger partial charge in [0.25, 0.3) is 0 Å². The molecule has 0 saturated carbocycles. The van der Waals surface area contributed by atoms with E-state index in [1.165, 1.54) is 7.11 Å². The predicted molar refractivity (Wildman–Crippen MR) is 125 cm³/mol. The van der Waals surface area contributed by atoms with Crippen LogP contribution in [0.3, 0.4) is 0 Å². The van der Waals surface area contributed by atoms with Gasteiger partial charge in [0.05, 0.1) is 14.2 Å². The average molecular weight is 438 g/mol. The standard InChI is InChI=1S/C25H31N3O4/c1-16(2)13-23(28-25(30)32-4)24(29)27-14-20(17-9-11-18(31-3)12-10-17)21-15-26-22-8-6-5-7-19(21)22/h5-12,15-16,20,23,26H,13-14H2,1-4H3,(H,27,29)(H,28,30). The van der Waals surface area contributed by atoms with E-state index in [0.717, 1.165) is 27.8 Å². The SMILES string of the molecule is COC(=O)NC(CC(C)C)C(=O)NCC(c1ccc(OC)cc1)c1c[nH]c2ccccc12. The summed E-state index contributed by atoms with van der Waals surface area (Å²) >= 11 is 0. The summed E-state index contributed by atoms with van der Waals surface area (Å²) in [6.45, 7) is 4.39. The zero-order chi connectivity index (χ0) is 23.1. The number of nitrogens with one attached hydrogen (secondary N) is 3. The van der Waals surface area contributed by atoms with Crippen molar-refractivity contribution in [3.8, 4) is 5.75 Å². The number of rotatable bonds is 9. The molecule has 0 aliphatic carbocycles. The van der Waals surface area contributed by atoms with Crippen molar-refractivity contribution in [1.29, 1.82) is 0 Å². The molecule has 1 heterocycles. The van der Waals surface area contributed by atoms with Gasteiger partial charge in [-0.15, -0.1) is 0 Å². The third-order valence-electron chi connectivity index (χ3n) is 5.50. The molecule has 32 heavy (non-hydrogen) atoms. The van der Waals surface area contributed by atoms with Gasteiger partial charge < -0.3 is 25.1 Å². The minimum Gasteiger partial charge on any atom is -0.497 e. The van der Waals surface area contributed by atoms with Crippen LogP contribution in [0.1, 0.15) is 37.3 Å². The van der Waals surface area contributed by atoms with Crippen LogP contribution in [0, 0.1) is 5.92 Å². The van der Waals surface area contributed by atoms with Gasteiger partial charge in [-0.25, -0.2) is 4.79 Å². The van der Waals surface area contributed by atoms with Gasteiger partial charge in [0.2, 0.25) is 5.91 Å². The molecule has 0 aliphatic heterocycles. The molecule has 7 heteroatoms. The minimum absolute atomic E-state index is 0.0844. The number of carbonyl (C=O) groups is 2. The second-order valence-corrected chi connectivity index (χ2v) is 8.18. The number of amides is 2. The lowest BCUT2D eigenvalue weighted by molar-refractivity contribution is -0.123. The molecule has 3 N–H and O–H groups in total. The monoisotopic (exact) mass is 437 g/mol. The number of aromatic nitrogens is 1. The third-order valence-corrected chi connectivity index (χ3v) is 5.50. The zero-order valence-corrected chi connectivity index (χ0v) is 19.0. The van der Waals surface area contributed by atoms with Crippen molar-refractivity contribution in [2.24, 2.45) is 5.92 Å². The molecule has 3 aromatic rings. The molecule has 170 valence electrons. The van der Waals surface area contributed by atoms with Crippen LogP contribution in [0.25, 0.3) is 10.9 Å². The molecule has 0 radical (unpaired) electrons. The fourth-order valence-corrected chi connectivity index (χ4v) is 3.86.